The fourth-order valence-electron chi connectivity index (χ4n) is 1.53. The summed E-state index contributed by atoms with van der Waals surface area (Å²) < 4.78 is 12.8. The Morgan fingerprint density at radius 1 is 1.17 bits per heavy atom. The van der Waals surface area contributed by atoms with Crippen LogP contribution in [0.3, 0.4) is 0 Å². The van der Waals surface area contributed by atoms with E-state index in [1.165, 1.54) is 12.1 Å². The largest absolute Gasteiger partial charge is 0.262 e. The predicted molar refractivity (Wildman–Crippen MR) is 71.1 cm³/mol. The molecule has 2 aromatic rings. The molecular weight excluding hydrogens is 249 g/mol. The summed E-state index contributed by atoms with van der Waals surface area (Å²) in [7, 11) is 0. The van der Waals surface area contributed by atoms with Gasteiger partial charge in [0.25, 0.3) is 0 Å². The Bertz CT molecular complexity index is 507. The number of aromatic nitrogens is 3. The number of benzene rings is 1. The number of aromatic amines is 1. The number of nitrogens with one attached hydrogen (secondary N) is 1. The topological polar surface area (TPSA) is 41.6 Å². The second kappa shape index (κ2) is 5.52. The molecule has 2 rings (SSSR count). The first kappa shape index (κ1) is 13.1. The molecule has 1 atom stereocenters. The Morgan fingerprint density at radius 2 is 1.83 bits per heavy atom. The van der Waals surface area contributed by atoms with Gasteiger partial charge in [0.1, 0.15) is 11.6 Å². The van der Waals surface area contributed by atoms with Crippen molar-refractivity contribution < 1.29 is 4.39 Å². The van der Waals surface area contributed by atoms with Crippen LogP contribution in [0.5, 0.6) is 0 Å². The Morgan fingerprint density at radius 3 is 2.39 bits per heavy atom. The van der Waals surface area contributed by atoms with E-state index in [9.17, 15) is 4.39 Å². The molecule has 18 heavy (non-hydrogen) atoms. The standard InChI is InChI=1S/C13H16FN3S/c1-8(2)12-15-13(17-16-12)18-9(3)10-4-6-11(14)7-5-10/h4-9H,1-3H3,(H,15,16,17). The number of rotatable bonds is 4. The Kier molecular flexibility index (Phi) is 4.01. The average molecular weight is 265 g/mol. The molecule has 0 aliphatic heterocycles. The van der Waals surface area contributed by atoms with E-state index in [4.69, 9.17) is 0 Å². The van der Waals surface area contributed by atoms with E-state index in [0.717, 1.165) is 16.5 Å². The summed E-state index contributed by atoms with van der Waals surface area (Å²) in [5, 5.41) is 8.03. The summed E-state index contributed by atoms with van der Waals surface area (Å²) in [5.74, 6) is 1.02. The van der Waals surface area contributed by atoms with Crippen LogP contribution in [-0.2, 0) is 0 Å². The highest BCUT2D eigenvalue weighted by atomic mass is 32.2. The Hall–Kier alpha value is -1.36. The zero-order valence-corrected chi connectivity index (χ0v) is 11.5. The molecule has 0 amide bonds. The van der Waals surface area contributed by atoms with Gasteiger partial charge in [0.15, 0.2) is 0 Å². The highest BCUT2D eigenvalue weighted by molar-refractivity contribution is 7.99. The second-order valence-corrected chi connectivity index (χ2v) is 5.78. The van der Waals surface area contributed by atoms with E-state index >= 15 is 0 Å². The molecule has 1 N–H and O–H groups in total. The summed E-state index contributed by atoms with van der Waals surface area (Å²) in [4.78, 5) is 4.42. The molecule has 0 spiro atoms. The maximum absolute atomic E-state index is 12.8. The lowest BCUT2D eigenvalue weighted by Gasteiger charge is -2.08. The molecule has 0 fully saturated rings. The van der Waals surface area contributed by atoms with E-state index < -0.39 is 0 Å². The highest BCUT2D eigenvalue weighted by Crippen LogP contribution is 2.32. The van der Waals surface area contributed by atoms with E-state index in [-0.39, 0.29) is 11.1 Å². The van der Waals surface area contributed by atoms with E-state index in [1.54, 1.807) is 23.9 Å². The van der Waals surface area contributed by atoms with Crippen LogP contribution in [0.15, 0.2) is 29.4 Å². The number of nitrogens with zero attached hydrogens (tertiary/aromatic N) is 2. The fourth-order valence-corrected chi connectivity index (χ4v) is 2.39. The van der Waals surface area contributed by atoms with Crippen molar-refractivity contribution in [3.8, 4) is 0 Å². The number of hydrogen-bond donors (Lipinski definition) is 1. The maximum atomic E-state index is 12.8. The van der Waals surface area contributed by atoms with Gasteiger partial charge in [-0.3, -0.25) is 5.10 Å². The van der Waals surface area contributed by atoms with Gasteiger partial charge in [0, 0.05) is 11.2 Å². The quantitative estimate of drug-likeness (QED) is 0.852. The van der Waals surface area contributed by atoms with Gasteiger partial charge in [-0.2, -0.15) is 0 Å². The van der Waals surface area contributed by atoms with Crippen molar-refractivity contribution in [3.63, 3.8) is 0 Å². The van der Waals surface area contributed by atoms with Gasteiger partial charge in [0.2, 0.25) is 5.16 Å². The molecule has 0 aliphatic carbocycles. The summed E-state index contributed by atoms with van der Waals surface area (Å²) in [6.07, 6.45) is 0. The molecule has 0 saturated heterocycles. The van der Waals surface area contributed by atoms with Crippen LogP contribution in [0.25, 0.3) is 0 Å². The van der Waals surface area contributed by atoms with Gasteiger partial charge in [-0.05, 0) is 24.6 Å². The monoisotopic (exact) mass is 265 g/mol. The van der Waals surface area contributed by atoms with Crippen molar-refractivity contribution >= 4 is 11.8 Å². The first-order valence-corrected chi connectivity index (χ1v) is 6.78. The minimum Gasteiger partial charge on any atom is -0.262 e. The molecule has 1 heterocycles. The van der Waals surface area contributed by atoms with Gasteiger partial charge in [-0.1, -0.05) is 37.7 Å². The number of H-pyrrole nitrogens is 1. The lowest BCUT2D eigenvalue weighted by atomic mass is 10.2. The molecule has 1 unspecified atom stereocenters. The smallest absolute Gasteiger partial charge is 0.209 e. The third-order valence-electron chi connectivity index (χ3n) is 2.65. The SMILES string of the molecule is CC(C)c1nc(SC(C)c2ccc(F)cc2)n[nH]1. The summed E-state index contributed by atoms with van der Waals surface area (Å²) in [5.41, 5.74) is 1.07. The molecular formula is C13H16FN3S. The van der Waals surface area contributed by atoms with Crippen LogP contribution in [0.4, 0.5) is 4.39 Å². The van der Waals surface area contributed by atoms with Crippen molar-refractivity contribution in [2.45, 2.75) is 37.1 Å². The minimum absolute atomic E-state index is 0.196. The van der Waals surface area contributed by atoms with E-state index in [1.807, 2.05) is 0 Å². The van der Waals surface area contributed by atoms with Crippen molar-refractivity contribution in [1.29, 1.82) is 0 Å². The normalized spacial score (nSPS) is 12.9. The lowest BCUT2D eigenvalue weighted by molar-refractivity contribution is 0.627. The second-order valence-electron chi connectivity index (χ2n) is 4.47. The first-order chi connectivity index (χ1) is 8.56. The molecule has 0 aliphatic rings. The van der Waals surface area contributed by atoms with Crippen LogP contribution >= 0.6 is 11.8 Å². The van der Waals surface area contributed by atoms with Gasteiger partial charge in [-0.25, -0.2) is 9.37 Å². The molecule has 96 valence electrons. The summed E-state index contributed by atoms with van der Waals surface area (Å²) in [6, 6.07) is 6.54. The molecule has 0 radical (unpaired) electrons. The molecule has 3 nitrogen and oxygen atoms in total. The van der Waals surface area contributed by atoms with Gasteiger partial charge >= 0.3 is 0 Å². The molecule has 1 aromatic heterocycles. The van der Waals surface area contributed by atoms with Gasteiger partial charge in [-0.15, -0.1) is 5.10 Å². The third kappa shape index (κ3) is 3.10. The zero-order chi connectivity index (χ0) is 13.1. The number of hydrogen-bond acceptors (Lipinski definition) is 3. The highest BCUT2D eigenvalue weighted by Gasteiger charge is 2.12. The third-order valence-corrected chi connectivity index (χ3v) is 3.67. The van der Waals surface area contributed by atoms with Crippen LogP contribution < -0.4 is 0 Å². The lowest BCUT2D eigenvalue weighted by Crippen LogP contribution is -1.91. The van der Waals surface area contributed by atoms with Crippen molar-refractivity contribution in [1.82, 2.24) is 15.2 Å². The predicted octanol–water partition coefficient (Wildman–Crippen LogP) is 3.92. The maximum Gasteiger partial charge on any atom is 0.209 e. The van der Waals surface area contributed by atoms with E-state index in [2.05, 4.69) is 36.0 Å². The Labute approximate surface area is 110 Å². The van der Waals surface area contributed by atoms with Gasteiger partial charge in [0.05, 0.1) is 0 Å². The molecule has 1 aromatic carbocycles. The molecule has 0 bridgehead atoms. The van der Waals surface area contributed by atoms with Crippen LogP contribution in [0.1, 0.15) is 43.3 Å². The zero-order valence-electron chi connectivity index (χ0n) is 10.6. The van der Waals surface area contributed by atoms with Crippen LogP contribution in [-0.4, -0.2) is 15.2 Å². The van der Waals surface area contributed by atoms with Crippen molar-refractivity contribution in [2.75, 3.05) is 0 Å². The van der Waals surface area contributed by atoms with Crippen LogP contribution in [0, 0.1) is 5.82 Å². The number of halogens is 1. The van der Waals surface area contributed by atoms with Gasteiger partial charge < -0.3 is 0 Å². The average Bonchev–Trinajstić information content (AvgIpc) is 2.78. The van der Waals surface area contributed by atoms with Crippen LogP contribution in [0.2, 0.25) is 0 Å². The summed E-state index contributed by atoms with van der Waals surface area (Å²) >= 11 is 1.56. The fraction of sp³-hybridized carbons (Fsp3) is 0.385. The van der Waals surface area contributed by atoms with E-state index in [0.29, 0.717) is 5.92 Å². The molecule has 0 saturated carbocycles. The molecule has 5 heteroatoms. The summed E-state index contributed by atoms with van der Waals surface area (Å²) in [6.45, 7) is 6.19. The Balaban J connectivity index is 2.06. The minimum atomic E-state index is -0.212. The van der Waals surface area contributed by atoms with Crippen molar-refractivity contribution in [3.05, 3.63) is 41.5 Å². The van der Waals surface area contributed by atoms with Crippen molar-refractivity contribution in [2.24, 2.45) is 0 Å². The first-order valence-electron chi connectivity index (χ1n) is 5.90. The number of thioether (sulfide) groups is 1.